The Kier molecular flexibility index (Phi) is 8.10. The lowest BCUT2D eigenvalue weighted by Crippen LogP contribution is -2.28. The molecule has 1 unspecified atom stereocenters. The highest BCUT2D eigenvalue weighted by atomic mass is 33.1. The molecule has 1 saturated heterocycles. The summed E-state index contributed by atoms with van der Waals surface area (Å²) in [6, 6.07) is 17.2. The van der Waals surface area contributed by atoms with Gasteiger partial charge in [0, 0.05) is 55.4 Å². The Balaban J connectivity index is 1.50. The van der Waals surface area contributed by atoms with E-state index in [-0.39, 0.29) is 17.5 Å². The van der Waals surface area contributed by atoms with Crippen LogP contribution in [0.25, 0.3) is 6.08 Å². The molecule has 0 radical (unpaired) electrons. The van der Waals surface area contributed by atoms with Gasteiger partial charge < -0.3 is 9.64 Å². The highest BCUT2D eigenvalue weighted by molar-refractivity contribution is 8.76. The minimum atomic E-state index is -0.103. The van der Waals surface area contributed by atoms with E-state index in [1.807, 2.05) is 10.8 Å². The number of rotatable bonds is 8. The first-order valence-electron chi connectivity index (χ1n) is 12.0. The third-order valence-corrected chi connectivity index (χ3v) is 9.05. The van der Waals surface area contributed by atoms with Crippen molar-refractivity contribution in [3.8, 4) is 0 Å². The van der Waals surface area contributed by atoms with Crippen molar-refractivity contribution in [2.45, 2.75) is 44.6 Å². The van der Waals surface area contributed by atoms with Crippen molar-refractivity contribution in [3.05, 3.63) is 65.7 Å². The fourth-order valence-electron chi connectivity index (χ4n) is 4.61. The maximum atomic E-state index is 12.4. The zero-order valence-corrected chi connectivity index (χ0v) is 22.3. The van der Waals surface area contributed by atoms with Crippen LogP contribution in [0.1, 0.15) is 44.2 Å². The van der Waals surface area contributed by atoms with E-state index in [0.717, 1.165) is 30.9 Å². The van der Waals surface area contributed by atoms with Crippen molar-refractivity contribution in [1.82, 2.24) is 0 Å². The smallest absolute Gasteiger partial charge is 0.306 e. The molecule has 4 rings (SSSR count). The van der Waals surface area contributed by atoms with Gasteiger partial charge in [0.1, 0.15) is 12.6 Å². The summed E-state index contributed by atoms with van der Waals surface area (Å²) in [6.07, 6.45) is 6.72. The number of carbonyl (C=O) groups excluding carboxylic acids is 1. The Morgan fingerprint density at radius 1 is 1.12 bits per heavy atom. The van der Waals surface area contributed by atoms with E-state index in [9.17, 15) is 4.79 Å². The van der Waals surface area contributed by atoms with Gasteiger partial charge in [-0.1, -0.05) is 51.9 Å². The van der Waals surface area contributed by atoms with Crippen molar-refractivity contribution in [2.75, 3.05) is 37.0 Å². The molecule has 6 heteroatoms. The Morgan fingerprint density at radius 3 is 2.59 bits per heavy atom. The number of para-hydroxylation sites is 1. The SMILES string of the molecule is CN(C)c1ccc(/C=C/C2=[N+](CCCC(=O)OC3CCSSC3)c3ccccc3C2(C)C)cc1. The summed E-state index contributed by atoms with van der Waals surface area (Å²) in [5.74, 6) is 1.90. The second-order valence-electron chi connectivity index (χ2n) is 9.61. The molecule has 2 aromatic rings. The fourth-order valence-corrected chi connectivity index (χ4v) is 6.95. The number of allylic oxidation sites excluding steroid dienone is 1. The molecule has 0 aliphatic carbocycles. The quantitative estimate of drug-likeness (QED) is 0.243. The molecule has 2 heterocycles. The number of hydrogen-bond donors (Lipinski definition) is 0. The van der Waals surface area contributed by atoms with Crippen LogP contribution in [0.4, 0.5) is 11.4 Å². The Bertz CT molecular complexity index is 1070. The van der Waals surface area contributed by atoms with Gasteiger partial charge in [0.15, 0.2) is 5.71 Å². The van der Waals surface area contributed by atoms with Crippen LogP contribution in [0.15, 0.2) is 54.6 Å². The zero-order chi connectivity index (χ0) is 24.1. The summed E-state index contributed by atoms with van der Waals surface area (Å²) in [7, 11) is 7.78. The van der Waals surface area contributed by atoms with E-state index in [4.69, 9.17) is 4.74 Å². The van der Waals surface area contributed by atoms with Gasteiger partial charge in [0.05, 0.1) is 11.8 Å². The molecule has 0 N–H and O–H groups in total. The predicted octanol–water partition coefficient (Wildman–Crippen LogP) is 6.32. The molecular weight excluding hydrogens is 460 g/mol. The van der Waals surface area contributed by atoms with E-state index < -0.39 is 0 Å². The number of fused-ring (bicyclic) bond motifs is 1. The Hall–Kier alpha value is -2.18. The van der Waals surface area contributed by atoms with E-state index >= 15 is 0 Å². The summed E-state index contributed by atoms with van der Waals surface area (Å²) < 4.78 is 8.10. The van der Waals surface area contributed by atoms with Crippen molar-refractivity contribution in [1.29, 1.82) is 0 Å². The third-order valence-electron chi connectivity index (χ3n) is 6.56. The zero-order valence-electron chi connectivity index (χ0n) is 20.6. The molecule has 180 valence electrons. The minimum Gasteiger partial charge on any atom is -0.461 e. The van der Waals surface area contributed by atoms with Crippen LogP contribution in [-0.4, -0.2) is 54.5 Å². The molecule has 1 fully saturated rings. The van der Waals surface area contributed by atoms with Crippen molar-refractivity contribution < 1.29 is 14.1 Å². The predicted molar refractivity (Wildman–Crippen MR) is 148 cm³/mol. The van der Waals surface area contributed by atoms with Gasteiger partial charge >= 0.3 is 5.97 Å². The van der Waals surface area contributed by atoms with E-state index in [1.165, 1.54) is 28.2 Å². The van der Waals surface area contributed by atoms with Crippen LogP contribution >= 0.6 is 21.6 Å². The van der Waals surface area contributed by atoms with Gasteiger partial charge in [-0.3, -0.25) is 4.79 Å². The largest absolute Gasteiger partial charge is 0.461 e. The maximum Gasteiger partial charge on any atom is 0.306 e. The van der Waals surface area contributed by atoms with Gasteiger partial charge in [-0.15, -0.1) is 0 Å². The molecule has 4 nitrogen and oxygen atoms in total. The summed E-state index contributed by atoms with van der Waals surface area (Å²) in [6.45, 7) is 5.37. The first-order valence-corrected chi connectivity index (χ1v) is 14.5. The van der Waals surface area contributed by atoms with Crippen LogP contribution in [-0.2, 0) is 14.9 Å². The molecule has 0 spiro atoms. The normalized spacial score (nSPS) is 19.4. The molecule has 2 aliphatic rings. The second kappa shape index (κ2) is 11.0. The fraction of sp³-hybridized carbons (Fsp3) is 0.429. The van der Waals surface area contributed by atoms with Gasteiger partial charge in [-0.2, -0.15) is 4.58 Å². The van der Waals surface area contributed by atoms with Gasteiger partial charge in [-0.05, 0) is 44.0 Å². The van der Waals surface area contributed by atoms with Crippen LogP contribution in [0, 0.1) is 0 Å². The summed E-state index contributed by atoms with van der Waals surface area (Å²) in [5.41, 5.74) is 6.10. The third kappa shape index (κ3) is 5.72. The molecule has 34 heavy (non-hydrogen) atoms. The molecule has 2 aliphatic heterocycles. The lowest BCUT2D eigenvalue weighted by Gasteiger charge is -2.20. The highest BCUT2D eigenvalue weighted by Gasteiger charge is 2.43. The minimum absolute atomic E-state index is 0.0673. The average Bonchev–Trinajstić information content (AvgIpc) is 3.05. The van der Waals surface area contributed by atoms with E-state index in [2.05, 4.69) is 98.1 Å². The number of carbonyl (C=O) groups is 1. The molecule has 1 atom stereocenters. The van der Waals surface area contributed by atoms with Crippen LogP contribution in [0.2, 0.25) is 0 Å². The maximum absolute atomic E-state index is 12.4. The Labute approximate surface area is 211 Å². The van der Waals surface area contributed by atoms with Crippen LogP contribution in [0.3, 0.4) is 0 Å². The Morgan fingerprint density at radius 2 is 1.88 bits per heavy atom. The van der Waals surface area contributed by atoms with Crippen LogP contribution < -0.4 is 4.90 Å². The number of anilines is 1. The second-order valence-corrected chi connectivity index (χ2v) is 12.2. The van der Waals surface area contributed by atoms with Gasteiger partial charge in [-0.25, -0.2) is 0 Å². The van der Waals surface area contributed by atoms with Crippen molar-refractivity contribution in [3.63, 3.8) is 0 Å². The summed E-state index contributed by atoms with van der Waals surface area (Å²) >= 11 is 0. The molecule has 0 saturated carbocycles. The van der Waals surface area contributed by atoms with Crippen LogP contribution in [0.5, 0.6) is 0 Å². The lowest BCUT2D eigenvalue weighted by molar-refractivity contribution is -0.438. The first-order chi connectivity index (χ1) is 16.4. The highest BCUT2D eigenvalue weighted by Crippen LogP contribution is 2.40. The molecular formula is C28H35N2O2S2+. The van der Waals surface area contributed by atoms with Gasteiger partial charge in [0.25, 0.3) is 0 Å². The molecule has 0 aromatic heterocycles. The molecule has 0 amide bonds. The van der Waals surface area contributed by atoms with E-state index in [0.29, 0.717) is 6.42 Å². The topological polar surface area (TPSA) is 32.5 Å². The van der Waals surface area contributed by atoms with Crippen molar-refractivity contribution >= 4 is 50.7 Å². The van der Waals surface area contributed by atoms with Crippen molar-refractivity contribution in [2.24, 2.45) is 0 Å². The van der Waals surface area contributed by atoms with E-state index in [1.54, 1.807) is 10.8 Å². The monoisotopic (exact) mass is 495 g/mol. The standard InChI is InChI=1S/C28H35N2O2S2/c1-28(2)24-8-5-6-9-25(24)30(18-7-10-27(31)32-23-17-19-33-34-20-23)26(28)16-13-21-11-14-22(15-12-21)29(3)4/h5-6,8-9,11-16,23H,7,10,17-20H2,1-4H3/q+1. The number of hydrogen-bond acceptors (Lipinski definition) is 5. The average molecular weight is 496 g/mol. The van der Waals surface area contributed by atoms with Gasteiger partial charge in [0.2, 0.25) is 5.69 Å². The first kappa shape index (κ1) is 24.9. The molecule has 0 bridgehead atoms. The molecule has 2 aromatic carbocycles. The number of benzene rings is 2. The lowest BCUT2D eigenvalue weighted by atomic mass is 9.81. The summed E-state index contributed by atoms with van der Waals surface area (Å²) in [4.78, 5) is 14.6. The summed E-state index contributed by atoms with van der Waals surface area (Å²) in [5, 5.41) is 0. The number of esters is 1. The number of ether oxygens (including phenoxy) is 1. The number of nitrogens with zero attached hydrogens (tertiary/aromatic N) is 2.